The Morgan fingerprint density at radius 2 is 1.79 bits per heavy atom. The van der Waals surface area contributed by atoms with Crippen molar-refractivity contribution >= 4 is 40.1 Å². The zero-order chi connectivity index (χ0) is 23.0. The normalized spacial score (nSPS) is 11.0. The lowest BCUT2D eigenvalue weighted by Crippen LogP contribution is -2.25. The van der Waals surface area contributed by atoms with E-state index in [1.165, 1.54) is 0 Å². The van der Waals surface area contributed by atoms with Gasteiger partial charge in [0.25, 0.3) is 5.91 Å². The number of hydrogen-bond donors (Lipinski definition) is 1. The van der Waals surface area contributed by atoms with Crippen LogP contribution in [-0.4, -0.2) is 28.6 Å². The minimum Gasteiger partial charge on any atom is -0.492 e. The van der Waals surface area contributed by atoms with E-state index in [4.69, 9.17) is 32.9 Å². The third kappa shape index (κ3) is 6.06. The zero-order valence-corrected chi connectivity index (χ0v) is 19.6. The summed E-state index contributed by atoms with van der Waals surface area (Å²) in [7, 11) is 0. The van der Waals surface area contributed by atoms with Gasteiger partial charge in [0.2, 0.25) is 0 Å². The molecule has 1 aromatic heterocycles. The predicted molar refractivity (Wildman–Crippen MR) is 133 cm³/mol. The number of carbonyl (C=O) groups is 1. The number of para-hydroxylation sites is 3. The second kappa shape index (κ2) is 11.2. The number of fused-ring (bicyclic) bond motifs is 1. The van der Waals surface area contributed by atoms with E-state index in [1.54, 1.807) is 24.3 Å². The zero-order valence-electron chi connectivity index (χ0n) is 18.1. The Bertz CT molecular complexity index is 1240. The topological polar surface area (TPSA) is 56.2 Å². The summed E-state index contributed by atoms with van der Waals surface area (Å²) >= 11 is 12.1. The minimum absolute atomic E-state index is 0.122. The average Bonchev–Trinajstić information content (AvgIpc) is 3.18. The van der Waals surface area contributed by atoms with Crippen molar-refractivity contribution in [3.8, 4) is 5.75 Å². The number of halogens is 2. The van der Waals surface area contributed by atoms with Gasteiger partial charge in [0.15, 0.2) is 0 Å². The van der Waals surface area contributed by atoms with E-state index in [9.17, 15) is 4.79 Å². The third-order valence-electron chi connectivity index (χ3n) is 5.30. The monoisotopic (exact) mass is 481 g/mol. The molecule has 0 atom stereocenters. The van der Waals surface area contributed by atoms with E-state index in [0.717, 1.165) is 42.7 Å². The van der Waals surface area contributed by atoms with Crippen molar-refractivity contribution in [2.24, 2.45) is 0 Å². The van der Waals surface area contributed by atoms with Gasteiger partial charge in [-0.15, -0.1) is 0 Å². The van der Waals surface area contributed by atoms with E-state index >= 15 is 0 Å². The number of amides is 1. The second-order valence-electron chi connectivity index (χ2n) is 7.67. The first-order valence-electron chi connectivity index (χ1n) is 11.0. The highest BCUT2D eigenvalue weighted by Crippen LogP contribution is 2.23. The summed E-state index contributed by atoms with van der Waals surface area (Å²) in [4.78, 5) is 17.1. The molecule has 0 aliphatic heterocycles. The molecule has 0 saturated carbocycles. The molecule has 4 rings (SSSR count). The lowest BCUT2D eigenvalue weighted by Gasteiger charge is -2.11. The van der Waals surface area contributed by atoms with Crippen LogP contribution in [0.1, 0.15) is 29.0 Å². The lowest BCUT2D eigenvalue weighted by atomic mass is 10.2. The van der Waals surface area contributed by atoms with Crippen LogP contribution in [0.4, 0.5) is 0 Å². The van der Waals surface area contributed by atoms with Crippen LogP contribution in [0.25, 0.3) is 11.0 Å². The molecule has 0 aliphatic carbocycles. The Hall–Kier alpha value is -3.02. The van der Waals surface area contributed by atoms with Crippen molar-refractivity contribution in [3.05, 3.63) is 94.2 Å². The number of benzene rings is 3. The van der Waals surface area contributed by atoms with Gasteiger partial charge in [-0.05, 0) is 55.3 Å². The molecule has 0 aliphatic rings. The molecule has 3 aromatic carbocycles. The van der Waals surface area contributed by atoms with Crippen molar-refractivity contribution < 1.29 is 9.53 Å². The summed E-state index contributed by atoms with van der Waals surface area (Å²) in [6, 6.07) is 22.6. The molecule has 1 N–H and O–H groups in total. The average molecular weight is 482 g/mol. The fourth-order valence-electron chi connectivity index (χ4n) is 3.71. The molecule has 5 nitrogen and oxygen atoms in total. The van der Waals surface area contributed by atoms with E-state index in [-0.39, 0.29) is 5.91 Å². The summed E-state index contributed by atoms with van der Waals surface area (Å²) in [5.74, 6) is 1.58. The third-order valence-corrected chi connectivity index (χ3v) is 5.85. The number of ether oxygens (including phenoxy) is 1. The van der Waals surface area contributed by atoms with Gasteiger partial charge < -0.3 is 14.6 Å². The number of imidazole rings is 1. The summed E-state index contributed by atoms with van der Waals surface area (Å²) in [5.41, 5.74) is 2.64. The number of rotatable bonds is 10. The maximum Gasteiger partial charge on any atom is 0.251 e. The highest BCUT2D eigenvalue weighted by atomic mass is 35.5. The fourth-order valence-corrected chi connectivity index (χ4v) is 4.09. The molecule has 7 heteroatoms. The first-order chi connectivity index (χ1) is 16.1. The molecule has 0 radical (unpaired) electrons. The Morgan fingerprint density at radius 3 is 2.64 bits per heavy atom. The SMILES string of the molecule is O=C(NCCCc1nc2ccccc2n1CCCOc1ccccc1Cl)c1cccc(Cl)c1. The van der Waals surface area contributed by atoms with Crippen LogP contribution < -0.4 is 10.1 Å². The number of aryl methyl sites for hydroxylation is 2. The molecule has 0 saturated heterocycles. The highest BCUT2D eigenvalue weighted by molar-refractivity contribution is 6.32. The van der Waals surface area contributed by atoms with Crippen LogP contribution in [0.2, 0.25) is 10.0 Å². The van der Waals surface area contributed by atoms with Crippen molar-refractivity contribution in [2.75, 3.05) is 13.2 Å². The molecule has 0 bridgehead atoms. The van der Waals surface area contributed by atoms with Gasteiger partial charge >= 0.3 is 0 Å². The maximum absolute atomic E-state index is 12.3. The van der Waals surface area contributed by atoms with Crippen molar-refractivity contribution in [1.29, 1.82) is 0 Å². The van der Waals surface area contributed by atoms with E-state index < -0.39 is 0 Å². The standard InChI is InChI=1S/C26H25Cl2N3O2/c27-20-9-5-8-19(18-20)26(32)29-15-6-14-25-30-22-11-2-3-12-23(22)31(25)16-7-17-33-24-13-4-1-10-21(24)28/h1-5,8-13,18H,6-7,14-17H2,(H,29,32). The highest BCUT2D eigenvalue weighted by Gasteiger charge is 2.11. The largest absolute Gasteiger partial charge is 0.492 e. The van der Waals surface area contributed by atoms with Gasteiger partial charge in [-0.25, -0.2) is 4.98 Å². The van der Waals surface area contributed by atoms with Crippen LogP contribution in [0.3, 0.4) is 0 Å². The smallest absolute Gasteiger partial charge is 0.251 e. The molecule has 0 fully saturated rings. The minimum atomic E-state index is -0.122. The van der Waals surface area contributed by atoms with Crippen molar-refractivity contribution in [2.45, 2.75) is 25.8 Å². The molecule has 4 aromatic rings. The van der Waals surface area contributed by atoms with E-state index in [0.29, 0.717) is 34.5 Å². The van der Waals surface area contributed by atoms with E-state index in [2.05, 4.69) is 16.0 Å². The Labute approximate surface area is 203 Å². The Balaban J connectivity index is 1.33. The number of carbonyl (C=O) groups excluding carboxylic acids is 1. The number of aromatic nitrogens is 2. The number of nitrogens with zero attached hydrogens (tertiary/aromatic N) is 2. The summed E-state index contributed by atoms with van der Waals surface area (Å²) in [6.45, 7) is 1.91. The molecule has 0 unspecified atom stereocenters. The maximum atomic E-state index is 12.3. The predicted octanol–water partition coefficient (Wildman–Crippen LogP) is 6.17. The number of hydrogen-bond acceptors (Lipinski definition) is 3. The van der Waals surface area contributed by atoms with Gasteiger partial charge in [-0.1, -0.05) is 53.5 Å². The van der Waals surface area contributed by atoms with Crippen molar-refractivity contribution in [3.63, 3.8) is 0 Å². The van der Waals surface area contributed by atoms with Gasteiger partial charge in [0.05, 0.1) is 22.7 Å². The van der Waals surface area contributed by atoms with Gasteiger partial charge in [-0.2, -0.15) is 0 Å². The first-order valence-corrected chi connectivity index (χ1v) is 11.7. The van der Waals surface area contributed by atoms with Crippen LogP contribution in [0.5, 0.6) is 5.75 Å². The fraction of sp³-hybridized carbons (Fsp3) is 0.231. The van der Waals surface area contributed by atoms with Crippen LogP contribution in [0.15, 0.2) is 72.8 Å². The molecule has 1 heterocycles. The summed E-state index contributed by atoms with van der Waals surface area (Å²) in [5, 5.41) is 4.13. The molecule has 170 valence electrons. The number of nitrogens with one attached hydrogen (secondary N) is 1. The molecule has 1 amide bonds. The van der Waals surface area contributed by atoms with E-state index in [1.807, 2.05) is 42.5 Å². The van der Waals surface area contributed by atoms with Crippen LogP contribution in [0, 0.1) is 0 Å². The first kappa shape index (κ1) is 23.1. The molecular formula is C26H25Cl2N3O2. The van der Waals surface area contributed by atoms with Gasteiger partial charge in [0.1, 0.15) is 11.6 Å². The lowest BCUT2D eigenvalue weighted by molar-refractivity contribution is 0.0953. The van der Waals surface area contributed by atoms with Crippen molar-refractivity contribution in [1.82, 2.24) is 14.9 Å². The molecule has 33 heavy (non-hydrogen) atoms. The van der Waals surface area contributed by atoms with Crippen LogP contribution >= 0.6 is 23.2 Å². The summed E-state index contributed by atoms with van der Waals surface area (Å²) < 4.78 is 8.08. The Morgan fingerprint density at radius 1 is 0.970 bits per heavy atom. The Kier molecular flexibility index (Phi) is 7.87. The molecule has 0 spiro atoms. The second-order valence-corrected chi connectivity index (χ2v) is 8.51. The quantitative estimate of drug-likeness (QED) is 0.275. The van der Waals surface area contributed by atoms with Gasteiger partial charge in [-0.3, -0.25) is 4.79 Å². The summed E-state index contributed by atoms with van der Waals surface area (Å²) in [6.07, 6.45) is 2.37. The molecular weight excluding hydrogens is 457 g/mol. The van der Waals surface area contributed by atoms with Gasteiger partial charge in [0, 0.05) is 30.1 Å². The van der Waals surface area contributed by atoms with Crippen LogP contribution in [-0.2, 0) is 13.0 Å².